The number of aromatic nitrogens is 2. The van der Waals surface area contributed by atoms with E-state index >= 15 is 0 Å². The molecular weight excluding hydrogens is 518 g/mol. The number of sulfonamides is 1. The fraction of sp³-hybridized carbons (Fsp3) is 0.333. The number of nitrogens with one attached hydrogen (secondary N) is 2. The molecule has 2 unspecified atom stereocenters. The molecule has 0 saturated carbocycles. The molecule has 0 fully saturated rings. The van der Waals surface area contributed by atoms with Gasteiger partial charge in [0.1, 0.15) is 0 Å². The predicted octanol–water partition coefficient (Wildman–Crippen LogP) is 6.99. The lowest BCUT2D eigenvalue weighted by Gasteiger charge is -2.32. The first-order valence-electron chi connectivity index (χ1n) is 13.8. The van der Waals surface area contributed by atoms with Gasteiger partial charge in [0.05, 0.1) is 10.6 Å². The third-order valence-corrected chi connectivity index (χ3v) is 9.33. The van der Waals surface area contributed by atoms with Gasteiger partial charge in [-0.3, -0.25) is 9.78 Å². The van der Waals surface area contributed by atoms with Gasteiger partial charge in [0, 0.05) is 11.6 Å². The van der Waals surface area contributed by atoms with Crippen LogP contribution >= 0.6 is 0 Å². The summed E-state index contributed by atoms with van der Waals surface area (Å²) in [5, 5.41) is 0. The van der Waals surface area contributed by atoms with Crippen molar-refractivity contribution in [2.45, 2.75) is 76.5 Å². The van der Waals surface area contributed by atoms with E-state index in [1.807, 2.05) is 38.1 Å². The Hall–Kier alpha value is -3.71. The first-order chi connectivity index (χ1) is 18.8. The Morgan fingerprint density at radius 1 is 0.950 bits per heavy atom. The van der Waals surface area contributed by atoms with Crippen molar-refractivity contribution in [3.63, 3.8) is 0 Å². The van der Waals surface area contributed by atoms with Gasteiger partial charge in [0.25, 0.3) is 15.6 Å². The third kappa shape index (κ3) is 5.61. The summed E-state index contributed by atoms with van der Waals surface area (Å²) >= 11 is 0. The fourth-order valence-electron chi connectivity index (χ4n) is 5.86. The average Bonchev–Trinajstić information content (AvgIpc) is 2.87. The number of hydrogen-bond donors (Lipinski definition) is 2. The predicted molar refractivity (Wildman–Crippen MR) is 162 cm³/mol. The lowest BCUT2D eigenvalue weighted by atomic mass is 9.73. The van der Waals surface area contributed by atoms with Gasteiger partial charge < -0.3 is 0 Å². The molecule has 7 heteroatoms. The number of hydrogen-bond acceptors (Lipinski definition) is 4. The molecule has 1 aliphatic carbocycles. The molecule has 4 aromatic rings. The highest BCUT2D eigenvalue weighted by atomic mass is 32.2. The summed E-state index contributed by atoms with van der Waals surface area (Å²) in [6.07, 6.45) is 1.82. The van der Waals surface area contributed by atoms with Crippen LogP contribution in [0.1, 0.15) is 79.3 Å². The van der Waals surface area contributed by atoms with E-state index in [0.29, 0.717) is 11.6 Å². The van der Waals surface area contributed by atoms with Crippen molar-refractivity contribution in [2.24, 2.45) is 0 Å². The molecular formula is C33H37N3O3S. The summed E-state index contributed by atoms with van der Waals surface area (Å²) in [5.41, 5.74) is 7.82. The highest BCUT2D eigenvalue weighted by molar-refractivity contribution is 7.92. The maximum Gasteiger partial charge on any atom is 0.264 e. The largest absolute Gasteiger partial charge is 0.292 e. The van der Waals surface area contributed by atoms with E-state index in [-0.39, 0.29) is 22.2 Å². The second-order valence-corrected chi connectivity index (χ2v) is 13.8. The number of aromatic amines is 1. The number of fused-ring (bicyclic) bond motifs is 1. The molecule has 0 spiro atoms. The summed E-state index contributed by atoms with van der Waals surface area (Å²) in [5.74, 6) is 0.478. The second kappa shape index (κ2) is 10.4. The molecule has 3 aromatic carbocycles. The van der Waals surface area contributed by atoms with Crippen LogP contribution in [0.15, 0.2) is 76.4 Å². The average molecular weight is 556 g/mol. The first kappa shape index (κ1) is 27.8. The molecule has 5 rings (SSSR count). The lowest BCUT2D eigenvalue weighted by molar-refractivity contribution is 0.513. The van der Waals surface area contributed by atoms with Crippen LogP contribution in [0.3, 0.4) is 0 Å². The third-order valence-electron chi connectivity index (χ3n) is 7.99. The van der Waals surface area contributed by atoms with Gasteiger partial charge in [0.2, 0.25) is 5.95 Å². The van der Waals surface area contributed by atoms with E-state index in [4.69, 9.17) is 0 Å². The lowest BCUT2D eigenvalue weighted by Crippen LogP contribution is -2.20. The van der Waals surface area contributed by atoms with Crippen molar-refractivity contribution < 1.29 is 8.42 Å². The smallest absolute Gasteiger partial charge is 0.264 e. The van der Waals surface area contributed by atoms with Crippen LogP contribution in [0.4, 0.5) is 5.95 Å². The van der Waals surface area contributed by atoms with E-state index in [1.165, 1.54) is 22.8 Å². The number of rotatable bonds is 5. The van der Waals surface area contributed by atoms with Crippen molar-refractivity contribution in [3.05, 3.63) is 110 Å². The molecule has 0 amide bonds. The van der Waals surface area contributed by atoms with Crippen molar-refractivity contribution in [3.8, 4) is 11.3 Å². The van der Waals surface area contributed by atoms with Crippen LogP contribution in [0.25, 0.3) is 11.3 Å². The molecule has 0 bridgehead atoms. The standard InChI is InChI=1S/C33H37N3O3S/c1-20-9-7-10-21(2)31(20)29-19-30(37)35-32(34-29)36-40(38,39)27-12-8-11-23(18-27)24-15-22(3)28-14-13-26(33(4,5)6)17-25(28)16-24/h7-14,17-19,22,24H,15-16H2,1-6H3,(H2,34,35,36,37). The van der Waals surface area contributed by atoms with E-state index < -0.39 is 15.6 Å². The highest BCUT2D eigenvalue weighted by Crippen LogP contribution is 2.41. The van der Waals surface area contributed by atoms with E-state index in [0.717, 1.165) is 35.1 Å². The SMILES string of the molecule is Cc1cccc(C)c1-c1cc(=O)[nH]c(NS(=O)(=O)c2cccc(C3Cc4cc(C(C)(C)C)ccc4C(C)C3)c2)n1. The monoisotopic (exact) mass is 555 g/mol. The quantitative estimate of drug-likeness (QED) is 0.278. The van der Waals surface area contributed by atoms with Crippen molar-refractivity contribution in [1.29, 1.82) is 0 Å². The van der Waals surface area contributed by atoms with E-state index in [1.54, 1.807) is 18.2 Å². The number of benzene rings is 3. The molecule has 40 heavy (non-hydrogen) atoms. The molecule has 0 radical (unpaired) electrons. The number of anilines is 1. The van der Waals surface area contributed by atoms with Gasteiger partial charge in [-0.2, -0.15) is 0 Å². The number of H-pyrrole nitrogens is 1. The molecule has 2 N–H and O–H groups in total. The van der Waals surface area contributed by atoms with Crippen LogP contribution < -0.4 is 10.3 Å². The minimum Gasteiger partial charge on any atom is -0.292 e. The Balaban J connectivity index is 1.44. The maximum atomic E-state index is 13.5. The number of aryl methyl sites for hydroxylation is 2. The van der Waals surface area contributed by atoms with E-state index in [2.05, 4.69) is 60.6 Å². The summed E-state index contributed by atoms with van der Waals surface area (Å²) in [4.78, 5) is 19.6. The minimum absolute atomic E-state index is 0.0646. The normalized spacial score (nSPS) is 17.4. The highest BCUT2D eigenvalue weighted by Gasteiger charge is 2.28. The van der Waals surface area contributed by atoms with Crippen LogP contribution in [0, 0.1) is 13.8 Å². The zero-order valence-corrected chi connectivity index (χ0v) is 24.8. The zero-order valence-electron chi connectivity index (χ0n) is 24.0. The van der Waals surface area contributed by atoms with Gasteiger partial charge in [0.15, 0.2) is 0 Å². The maximum absolute atomic E-state index is 13.5. The van der Waals surface area contributed by atoms with Crippen molar-refractivity contribution in [1.82, 2.24) is 9.97 Å². The summed E-state index contributed by atoms with van der Waals surface area (Å²) in [6, 6.07) is 21.2. The molecule has 1 aliphatic rings. The Kier molecular flexibility index (Phi) is 7.21. The van der Waals surface area contributed by atoms with Gasteiger partial charge in [-0.25, -0.2) is 18.1 Å². The topological polar surface area (TPSA) is 91.9 Å². The van der Waals surface area contributed by atoms with Gasteiger partial charge in [-0.1, -0.05) is 76.2 Å². The van der Waals surface area contributed by atoms with Gasteiger partial charge >= 0.3 is 0 Å². The molecule has 0 saturated heterocycles. The van der Waals surface area contributed by atoms with Crippen LogP contribution in [0.2, 0.25) is 0 Å². The zero-order chi connectivity index (χ0) is 28.8. The Labute approximate surface area is 237 Å². The first-order valence-corrected chi connectivity index (χ1v) is 15.2. The fourth-order valence-corrected chi connectivity index (χ4v) is 6.88. The molecule has 208 valence electrons. The molecule has 6 nitrogen and oxygen atoms in total. The second-order valence-electron chi connectivity index (χ2n) is 12.1. The Bertz CT molecular complexity index is 1730. The number of nitrogens with zero attached hydrogens (tertiary/aromatic N) is 1. The van der Waals surface area contributed by atoms with Crippen molar-refractivity contribution >= 4 is 16.0 Å². The van der Waals surface area contributed by atoms with E-state index in [9.17, 15) is 13.2 Å². The van der Waals surface area contributed by atoms with Crippen LogP contribution in [-0.2, 0) is 21.9 Å². The molecule has 1 heterocycles. The molecule has 0 aliphatic heterocycles. The summed E-state index contributed by atoms with van der Waals surface area (Å²) in [7, 11) is -3.99. The Morgan fingerprint density at radius 3 is 2.35 bits per heavy atom. The molecule has 2 atom stereocenters. The Morgan fingerprint density at radius 2 is 1.65 bits per heavy atom. The van der Waals surface area contributed by atoms with Crippen molar-refractivity contribution in [2.75, 3.05) is 4.72 Å². The van der Waals surface area contributed by atoms with Crippen LogP contribution in [-0.4, -0.2) is 18.4 Å². The van der Waals surface area contributed by atoms with Crippen LogP contribution in [0.5, 0.6) is 0 Å². The minimum atomic E-state index is -3.99. The van der Waals surface area contributed by atoms with Gasteiger partial charge in [-0.15, -0.1) is 0 Å². The summed E-state index contributed by atoms with van der Waals surface area (Å²) in [6.45, 7) is 12.8. The molecule has 1 aromatic heterocycles. The van der Waals surface area contributed by atoms with Gasteiger partial charge in [-0.05, 0) is 89.5 Å². The summed E-state index contributed by atoms with van der Waals surface area (Å²) < 4.78 is 29.5.